The minimum absolute atomic E-state index is 0.0499. The number of aromatic amines is 1. The lowest BCUT2D eigenvalue weighted by Gasteiger charge is -2.20. The first-order valence-electron chi connectivity index (χ1n) is 10.0. The van der Waals surface area contributed by atoms with Crippen molar-refractivity contribution in [2.24, 2.45) is 0 Å². The molecule has 0 atom stereocenters. The van der Waals surface area contributed by atoms with Crippen LogP contribution in [0.3, 0.4) is 0 Å². The van der Waals surface area contributed by atoms with Crippen LogP contribution in [0.1, 0.15) is 28.4 Å². The van der Waals surface area contributed by atoms with Crippen molar-refractivity contribution in [2.45, 2.75) is 19.9 Å². The van der Waals surface area contributed by atoms with Gasteiger partial charge < -0.3 is 4.98 Å². The average molecular weight is 412 g/mol. The first-order chi connectivity index (χ1) is 14.7. The molecule has 0 saturated carbocycles. The van der Waals surface area contributed by atoms with Crippen molar-refractivity contribution in [1.29, 1.82) is 0 Å². The van der Waals surface area contributed by atoms with Gasteiger partial charge in [0.05, 0.1) is 22.3 Å². The molecule has 5 aromatic rings. The van der Waals surface area contributed by atoms with Crippen LogP contribution in [0, 0.1) is 0 Å². The first-order valence-corrected chi connectivity index (χ1v) is 10.9. The van der Waals surface area contributed by atoms with Gasteiger partial charge in [-0.3, -0.25) is 9.69 Å². The lowest BCUT2D eigenvalue weighted by atomic mass is 10.1. The van der Waals surface area contributed by atoms with Crippen molar-refractivity contribution < 1.29 is 4.79 Å². The lowest BCUT2D eigenvalue weighted by Crippen LogP contribution is -2.30. The minimum atomic E-state index is -0.0499. The molecule has 0 saturated heterocycles. The van der Waals surface area contributed by atoms with Crippen LogP contribution in [0.25, 0.3) is 21.1 Å². The number of fused-ring (bicyclic) bond motifs is 2. The number of carbonyl (C=O) groups excluding carboxylic acids is 1. The molecule has 148 valence electrons. The normalized spacial score (nSPS) is 11.2. The molecule has 3 aromatic carbocycles. The van der Waals surface area contributed by atoms with Crippen LogP contribution in [0.2, 0.25) is 0 Å². The zero-order valence-corrected chi connectivity index (χ0v) is 17.4. The third-order valence-corrected chi connectivity index (χ3v) is 6.37. The Balaban J connectivity index is 1.60. The van der Waals surface area contributed by atoms with Gasteiger partial charge in [0.1, 0.15) is 0 Å². The van der Waals surface area contributed by atoms with E-state index < -0.39 is 0 Å². The molecule has 0 aliphatic carbocycles. The van der Waals surface area contributed by atoms with Gasteiger partial charge in [-0.15, -0.1) is 0 Å². The first kappa shape index (κ1) is 18.6. The van der Waals surface area contributed by atoms with E-state index in [0.29, 0.717) is 12.1 Å². The molecule has 1 amide bonds. The highest BCUT2D eigenvalue weighted by molar-refractivity contribution is 7.22. The summed E-state index contributed by atoms with van der Waals surface area (Å²) >= 11 is 1.57. The van der Waals surface area contributed by atoms with Crippen molar-refractivity contribution in [2.75, 3.05) is 4.90 Å². The number of anilines is 1. The number of H-pyrrole nitrogens is 1. The van der Waals surface area contributed by atoms with Crippen LogP contribution in [0.4, 0.5) is 5.13 Å². The fraction of sp³-hybridized carbons (Fsp3) is 0.120. The van der Waals surface area contributed by atoms with Crippen molar-refractivity contribution in [3.05, 3.63) is 95.7 Å². The van der Waals surface area contributed by atoms with Crippen LogP contribution in [0.15, 0.2) is 79.0 Å². The Morgan fingerprint density at radius 1 is 1.00 bits per heavy atom. The van der Waals surface area contributed by atoms with Crippen LogP contribution >= 0.6 is 11.3 Å². The van der Waals surface area contributed by atoms with Gasteiger partial charge in [0.15, 0.2) is 5.13 Å². The fourth-order valence-corrected chi connectivity index (χ4v) is 4.71. The maximum atomic E-state index is 13.7. The summed E-state index contributed by atoms with van der Waals surface area (Å²) in [7, 11) is 0. The van der Waals surface area contributed by atoms with Crippen LogP contribution in [-0.4, -0.2) is 15.9 Å². The third-order valence-electron chi connectivity index (χ3n) is 5.33. The molecule has 30 heavy (non-hydrogen) atoms. The molecule has 0 aliphatic rings. The number of aromatic nitrogens is 2. The Kier molecular flexibility index (Phi) is 4.81. The quantitative estimate of drug-likeness (QED) is 0.375. The second kappa shape index (κ2) is 7.76. The SMILES string of the molecule is CCc1ccc2nc(N(Cc3ccccc3)C(=O)c3c[nH]c4ccccc34)sc2c1. The summed E-state index contributed by atoms with van der Waals surface area (Å²) in [6.45, 7) is 2.62. The number of carbonyl (C=O) groups is 1. The fourth-order valence-electron chi connectivity index (χ4n) is 3.68. The van der Waals surface area contributed by atoms with E-state index >= 15 is 0 Å². The van der Waals surface area contributed by atoms with E-state index in [4.69, 9.17) is 4.98 Å². The molecule has 0 bridgehead atoms. The number of thiazole rings is 1. The number of amides is 1. The van der Waals surface area contributed by atoms with Gasteiger partial charge in [-0.2, -0.15) is 0 Å². The molecule has 4 nitrogen and oxygen atoms in total. The Hall–Kier alpha value is -3.44. The maximum Gasteiger partial charge on any atom is 0.262 e. The third kappa shape index (κ3) is 3.37. The van der Waals surface area contributed by atoms with E-state index in [1.807, 2.05) is 60.7 Å². The summed E-state index contributed by atoms with van der Waals surface area (Å²) in [5.74, 6) is -0.0499. The molecular formula is C25H21N3OS. The van der Waals surface area contributed by atoms with Gasteiger partial charge in [0, 0.05) is 17.1 Å². The van der Waals surface area contributed by atoms with Gasteiger partial charge in [-0.05, 0) is 35.7 Å². The Labute approximate surface area is 178 Å². The van der Waals surface area contributed by atoms with Crippen LogP contribution in [0.5, 0.6) is 0 Å². The topological polar surface area (TPSA) is 49.0 Å². The van der Waals surface area contributed by atoms with Crippen LogP contribution in [-0.2, 0) is 13.0 Å². The number of hydrogen-bond acceptors (Lipinski definition) is 3. The molecule has 5 heteroatoms. The van der Waals surface area contributed by atoms with Crippen molar-refractivity contribution in [3.8, 4) is 0 Å². The van der Waals surface area contributed by atoms with E-state index in [0.717, 1.165) is 38.2 Å². The summed E-state index contributed by atoms with van der Waals surface area (Å²) < 4.78 is 1.11. The average Bonchev–Trinajstić information content (AvgIpc) is 3.41. The second-order valence-corrected chi connectivity index (χ2v) is 8.29. The maximum absolute atomic E-state index is 13.7. The number of nitrogens with zero attached hydrogens (tertiary/aromatic N) is 2. The smallest absolute Gasteiger partial charge is 0.262 e. The van der Waals surface area contributed by atoms with E-state index in [1.54, 1.807) is 22.4 Å². The van der Waals surface area contributed by atoms with E-state index in [-0.39, 0.29) is 5.91 Å². The van der Waals surface area contributed by atoms with Gasteiger partial charge in [0.25, 0.3) is 5.91 Å². The predicted molar refractivity (Wildman–Crippen MR) is 124 cm³/mol. The minimum Gasteiger partial charge on any atom is -0.360 e. The summed E-state index contributed by atoms with van der Waals surface area (Å²) in [6.07, 6.45) is 2.78. The van der Waals surface area contributed by atoms with E-state index in [2.05, 4.69) is 24.0 Å². The van der Waals surface area contributed by atoms with Crippen molar-refractivity contribution in [3.63, 3.8) is 0 Å². The molecule has 0 radical (unpaired) electrons. The van der Waals surface area contributed by atoms with Crippen LogP contribution < -0.4 is 4.90 Å². The second-order valence-electron chi connectivity index (χ2n) is 7.28. The van der Waals surface area contributed by atoms with Gasteiger partial charge in [-0.25, -0.2) is 4.98 Å². The van der Waals surface area contributed by atoms with E-state index in [1.165, 1.54) is 5.56 Å². The largest absolute Gasteiger partial charge is 0.360 e. The number of rotatable bonds is 5. The Bertz CT molecular complexity index is 1340. The number of nitrogens with one attached hydrogen (secondary N) is 1. The van der Waals surface area contributed by atoms with E-state index in [9.17, 15) is 4.79 Å². The summed E-state index contributed by atoms with van der Waals surface area (Å²) in [6, 6.07) is 24.3. The predicted octanol–water partition coefficient (Wildman–Crippen LogP) is 6.19. The molecular weight excluding hydrogens is 390 g/mol. The summed E-state index contributed by atoms with van der Waals surface area (Å²) in [4.78, 5) is 23.5. The van der Waals surface area contributed by atoms with Gasteiger partial charge >= 0.3 is 0 Å². The van der Waals surface area contributed by atoms with Crippen molar-refractivity contribution >= 4 is 43.5 Å². The molecule has 2 aromatic heterocycles. The van der Waals surface area contributed by atoms with Gasteiger partial charge in [-0.1, -0.05) is 72.9 Å². The monoisotopic (exact) mass is 411 g/mol. The number of aryl methyl sites for hydroxylation is 1. The zero-order chi connectivity index (χ0) is 20.5. The highest BCUT2D eigenvalue weighted by Gasteiger charge is 2.24. The molecule has 1 N–H and O–H groups in total. The molecule has 0 spiro atoms. The zero-order valence-electron chi connectivity index (χ0n) is 16.6. The summed E-state index contributed by atoms with van der Waals surface area (Å²) in [5, 5.41) is 1.65. The highest BCUT2D eigenvalue weighted by atomic mass is 32.1. The number of hydrogen-bond donors (Lipinski definition) is 1. The molecule has 5 rings (SSSR count). The lowest BCUT2D eigenvalue weighted by molar-refractivity contribution is 0.0986. The Morgan fingerprint density at radius 2 is 1.80 bits per heavy atom. The standard InChI is InChI=1S/C25H21N3OS/c1-2-17-12-13-22-23(14-17)30-25(27-22)28(16-18-8-4-3-5-9-18)24(29)20-15-26-21-11-7-6-10-19(20)21/h3-15,26H,2,16H2,1H3. The Morgan fingerprint density at radius 3 is 2.63 bits per heavy atom. The van der Waals surface area contributed by atoms with Gasteiger partial charge in [0.2, 0.25) is 0 Å². The summed E-state index contributed by atoms with van der Waals surface area (Å²) in [5.41, 5.74) is 4.89. The molecule has 0 aliphatic heterocycles. The molecule has 0 fully saturated rings. The molecule has 0 unspecified atom stereocenters. The van der Waals surface area contributed by atoms with Crippen molar-refractivity contribution in [1.82, 2.24) is 9.97 Å². The number of benzene rings is 3. The molecule has 2 heterocycles. The highest BCUT2D eigenvalue weighted by Crippen LogP contribution is 2.32. The number of para-hydroxylation sites is 1.